The first kappa shape index (κ1) is 23.6. The molecular formula is C23H25N3O7. The Kier molecular flexibility index (Phi) is 7.52. The highest BCUT2D eigenvalue weighted by Gasteiger charge is 2.35. The van der Waals surface area contributed by atoms with Crippen molar-refractivity contribution < 1.29 is 33.7 Å². The molecule has 0 saturated carbocycles. The lowest BCUT2D eigenvalue weighted by Gasteiger charge is -2.18. The predicted molar refractivity (Wildman–Crippen MR) is 120 cm³/mol. The lowest BCUT2D eigenvalue weighted by atomic mass is 10.1. The van der Waals surface area contributed by atoms with Crippen LogP contribution in [0.3, 0.4) is 0 Å². The van der Waals surface area contributed by atoms with Gasteiger partial charge in [0.25, 0.3) is 11.8 Å². The maximum atomic E-state index is 12.8. The van der Waals surface area contributed by atoms with Crippen molar-refractivity contribution in [2.75, 3.05) is 51.7 Å². The zero-order valence-electron chi connectivity index (χ0n) is 18.5. The first-order valence-electron chi connectivity index (χ1n) is 10.0. The summed E-state index contributed by atoms with van der Waals surface area (Å²) < 4.78 is 15.7. The van der Waals surface area contributed by atoms with E-state index in [-0.39, 0.29) is 36.9 Å². The van der Waals surface area contributed by atoms with E-state index in [0.29, 0.717) is 28.4 Å². The maximum absolute atomic E-state index is 12.8. The number of benzene rings is 2. The van der Waals surface area contributed by atoms with Gasteiger partial charge in [0.05, 0.1) is 51.4 Å². The third kappa shape index (κ3) is 5.07. The molecule has 3 rings (SSSR count). The highest BCUT2D eigenvalue weighted by Crippen LogP contribution is 2.38. The van der Waals surface area contributed by atoms with Gasteiger partial charge in [-0.25, -0.2) is 4.79 Å². The van der Waals surface area contributed by atoms with E-state index in [1.54, 1.807) is 36.4 Å². The molecule has 0 fully saturated rings. The van der Waals surface area contributed by atoms with Crippen LogP contribution in [0.4, 0.5) is 11.4 Å². The number of aliphatic hydroxyl groups is 1. The minimum absolute atomic E-state index is 0.000926. The SMILES string of the molecule is COC(=O)C1=C(Nc2cc(OC)c(NC(=O)c3ccccc3)cc2OC)C(=O)N(CCO)C1. The molecule has 10 nitrogen and oxygen atoms in total. The number of carbonyl (C=O) groups is 3. The van der Waals surface area contributed by atoms with Crippen LogP contribution in [-0.4, -0.2) is 68.8 Å². The highest BCUT2D eigenvalue weighted by atomic mass is 16.5. The summed E-state index contributed by atoms with van der Waals surface area (Å²) >= 11 is 0. The molecule has 2 aromatic rings. The van der Waals surface area contributed by atoms with E-state index < -0.39 is 11.9 Å². The Bertz CT molecular complexity index is 1080. The Morgan fingerprint density at radius 2 is 1.67 bits per heavy atom. The average Bonchev–Trinajstić information content (AvgIpc) is 3.14. The minimum Gasteiger partial charge on any atom is -0.494 e. The fourth-order valence-electron chi connectivity index (χ4n) is 3.36. The molecule has 33 heavy (non-hydrogen) atoms. The lowest BCUT2D eigenvalue weighted by molar-refractivity contribution is -0.136. The quantitative estimate of drug-likeness (QED) is 0.487. The second kappa shape index (κ2) is 10.5. The van der Waals surface area contributed by atoms with Gasteiger partial charge in [0.1, 0.15) is 17.2 Å². The molecule has 1 heterocycles. The molecule has 2 aromatic carbocycles. The maximum Gasteiger partial charge on any atom is 0.337 e. The summed E-state index contributed by atoms with van der Waals surface area (Å²) in [4.78, 5) is 39.0. The van der Waals surface area contributed by atoms with E-state index in [4.69, 9.17) is 14.2 Å². The van der Waals surface area contributed by atoms with Gasteiger partial charge in [-0.15, -0.1) is 0 Å². The van der Waals surface area contributed by atoms with Crippen LogP contribution in [0.15, 0.2) is 53.7 Å². The molecule has 0 saturated heterocycles. The summed E-state index contributed by atoms with van der Waals surface area (Å²) in [6, 6.07) is 11.8. The molecule has 0 atom stereocenters. The van der Waals surface area contributed by atoms with E-state index >= 15 is 0 Å². The molecule has 1 aliphatic rings. The average molecular weight is 455 g/mol. The number of carbonyl (C=O) groups excluding carboxylic acids is 3. The number of hydrogen-bond donors (Lipinski definition) is 3. The van der Waals surface area contributed by atoms with Crippen LogP contribution in [-0.2, 0) is 14.3 Å². The van der Waals surface area contributed by atoms with Gasteiger partial charge in [0, 0.05) is 24.2 Å². The summed E-state index contributed by atoms with van der Waals surface area (Å²) in [6.07, 6.45) is 0. The van der Waals surface area contributed by atoms with E-state index in [0.717, 1.165) is 0 Å². The molecule has 0 radical (unpaired) electrons. The van der Waals surface area contributed by atoms with Gasteiger partial charge in [0.15, 0.2) is 0 Å². The van der Waals surface area contributed by atoms with Crippen molar-refractivity contribution in [3.63, 3.8) is 0 Å². The molecule has 10 heteroatoms. The Hall–Kier alpha value is -4.05. The van der Waals surface area contributed by atoms with Gasteiger partial charge in [0.2, 0.25) is 0 Å². The molecular weight excluding hydrogens is 430 g/mol. The Morgan fingerprint density at radius 1 is 1.03 bits per heavy atom. The van der Waals surface area contributed by atoms with Gasteiger partial charge in [-0.2, -0.15) is 0 Å². The van der Waals surface area contributed by atoms with Crippen molar-refractivity contribution in [3.8, 4) is 11.5 Å². The highest BCUT2D eigenvalue weighted by molar-refractivity contribution is 6.09. The second-order valence-corrected chi connectivity index (χ2v) is 6.99. The van der Waals surface area contributed by atoms with Crippen molar-refractivity contribution in [2.45, 2.75) is 0 Å². The van der Waals surface area contributed by atoms with Crippen molar-refractivity contribution >= 4 is 29.2 Å². The summed E-state index contributed by atoms with van der Waals surface area (Å²) in [5.74, 6) is -0.862. The fraction of sp³-hybridized carbons (Fsp3) is 0.261. The number of β-amino-alcohol motifs (C(OH)–C–C–N with tert-alkyl or cyclic N) is 1. The summed E-state index contributed by atoms with van der Waals surface area (Å²) in [7, 11) is 4.09. The minimum atomic E-state index is -0.663. The predicted octanol–water partition coefficient (Wildman–Crippen LogP) is 1.63. The summed E-state index contributed by atoms with van der Waals surface area (Å²) in [5.41, 5.74) is 1.29. The van der Waals surface area contributed by atoms with Gasteiger partial charge in [-0.1, -0.05) is 18.2 Å². The zero-order chi connectivity index (χ0) is 24.0. The number of nitrogens with one attached hydrogen (secondary N) is 2. The van der Waals surface area contributed by atoms with E-state index in [1.165, 1.54) is 26.2 Å². The standard InChI is InChI=1S/C23H25N3O7/c1-31-18-12-17(25-21(28)14-7-5-4-6-8-14)19(32-2)11-16(18)24-20-15(23(30)33-3)13-26(9-10-27)22(20)29/h4-8,11-12,24,27H,9-10,13H2,1-3H3,(H,25,28). The Balaban J connectivity index is 1.95. The van der Waals surface area contributed by atoms with E-state index in [1.807, 2.05) is 6.07 Å². The number of methoxy groups -OCH3 is 3. The first-order valence-corrected chi connectivity index (χ1v) is 10.0. The first-order chi connectivity index (χ1) is 15.9. The molecule has 1 aliphatic heterocycles. The van der Waals surface area contributed by atoms with Gasteiger partial charge < -0.3 is 34.9 Å². The van der Waals surface area contributed by atoms with Crippen LogP contribution in [0, 0.1) is 0 Å². The number of anilines is 2. The van der Waals surface area contributed by atoms with Crippen molar-refractivity contribution in [1.29, 1.82) is 0 Å². The number of rotatable bonds is 9. The van der Waals surface area contributed by atoms with Gasteiger partial charge in [-0.05, 0) is 12.1 Å². The molecule has 0 bridgehead atoms. The Morgan fingerprint density at radius 3 is 2.27 bits per heavy atom. The zero-order valence-corrected chi connectivity index (χ0v) is 18.5. The Labute approximate surface area is 190 Å². The van der Waals surface area contributed by atoms with Crippen LogP contribution in [0.5, 0.6) is 11.5 Å². The second-order valence-electron chi connectivity index (χ2n) is 6.99. The number of ether oxygens (including phenoxy) is 3. The van der Waals surface area contributed by atoms with Crippen molar-refractivity contribution in [1.82, 2.24) is 4.90 Å². The summed E-state index contributed by atoms with van der Waals surface area (Å²) in [6.45, 7) is -0.186. The van der Waals surface area contributed by atoms with Crippen molar-refractivity contribution in [2.24, 2.45) is 0 Å². The van der Waals surface area contributed by atoms with Crippen LogP contribution >= 0.6 is 0 Å². The lowest BCUT2D eigenvalue weighted by Crippen LogP contribution is -2.31. The largest absolute Gasteiger partial charge is 0.494 e. The van der Waals surface area contributed by atoms with Crippen LogP contribution in [0.25, 0.3) is 0 Å². The van der Waals surface area contributed by atoms with E-state index in [9.17, 15) is 19.5 Å². The molecule has 0 spiro atoms. The number of esters is 1. The number of amides is 2. The topological polar surface area (TPSA) is 126 Å². The fourth-order valence-corrected chi connectivity index (χ4v) is 3.36. The third-order valence-electron chi connectivity index (χ3n) is 5.02. The molecule has 174 valence electrons. The normalized spacial score (nSPS) is 13.1. The molecule has 2 amide bonds. The van der Waals surface area contributed by atoms with Gasteiger partial charge >= 0.3 is 5.97 Å². The van der Waals surface area contributed by atoms with E-state index in [2.05, 4.69) is 10.6 Å². The number of hydrogen-bond acceptors (Lipinski definition) is 8. The van der Waals surface area contributed by atoms with Crippen LogP contribution in [0.2, 0.25) is 0 Å². The molecule has 0 aliphatic carbocycles. The molecule has 0 aromatic heterocycles. The number of nitrogens with zero attached hydrogens (tertiary/aromatic N) is 1. The number of aliphatic hydroxyl groups excluding tert-OH is 1. The van der Waals surface area contributed by atoms with Crippen molar-refractivity contribution in [3.05, 3.63) is 59.3 Å². The van der Waals surface area contributed by atoms with Crippen LogP contribution in [0.1, 0.15) is 10.4 Å². The third-order valence-corrected chi connectivity index (χ3v) is 5.02. The van der Waals surface area contributed by atoms with Gasteiger partial charge in [-0.3, -0.25) is 9.59 Å². The summed E-state index contributed by atoms with van der Waals surface area (Å²) in [5, 5.41) is 14.9. The smallest absolute Gasteiger partial charge is 0.337 e. The monoisotopic (exact) mass is 455 g/mol. The van der Waals surface area contributed by atoms with Crippen LogP contribution < -0.4 is 20.1 Å². The molecule has 3 N–H and O–H groups in total. The molecule has 0 unspecified atom stereocenters.